The highest BCUT2D eigenvalue weighted by atomic mass is 35.5. The molecule has 0 fully saturated rings. The van der Waals surface area contributed by atoms with Crippen molar-refractivity contribution in [3.63, 3.8) is 0 Å². The van der Waals surface area contributed by atoms with E-state index in [-0.39, 0.29) is 17.7 Å². The Bertz CT molecular complexity index is 590. The Hall–Kier alpha value is -1.74. The zero-order valence-electron chi connectivity index (χ0n) is 10.8. The molecule has 0 saturated heterocycles. The molecule has 1 aliphatic heterocycles. The van der Waals surface area contributed by atoms with E-state index in [4.69, 9.17) is 21.1 Å². The van der Waals surface area contributed by atoms with E-state index >= 15 is 0 Å². The predicted octanol–water partition coefficient (Wildman–Crippen LogP) is 3.95. The molecule has 0 aliphatic carbocycles. The molecule has 0 bridgehead atoms. The highest BCUT2D eigenvalue weighted by Crippen LogP contribution is 2.29. The molecule has 4 heteroatoms. The molecule has 0 spiro atoms. The van der Waals surface area contributed by atoms with Gasteiger partial charge in [-0.3, -0.25) is 0 Å². The van der Waals surface area contributed by atoms with Gasteiger partial charge in [-0.05, 0) is 29.3 Å². The number of para-hydroxylation sites is 1. The van der Waals surface area contributed by atoms with Crippen molar-refractivity contribution in [3.8, 4) is 11.5 Å². The van der Waals surface area contributed by atoms with Crippen LogP contribution in [0.2, 0.25) is 0 Å². The minimum absolute atomic E-state index is 0.0699. The third-order valence-corrected chi connectivity index (χ3v) is 3.60. The van der Waals surface area contributed by atoms with Crippen molar-refractivity contribution in [1.82, 2.24) is 0 Å². The van der Waals surface area contributed by atoms with Crippen LogP contribution in [0.1, 0.15) is 11.1 Å². The molecule has 1 unspecified atom stereocenters. The van der Waals surface area contributed by atoms with E-state index in [0.717, 1.165) is 17.7 Å². The van der Waals surface area contributed by atoms with Gasteiger partial charge in [0.25, 0.3) is 0 Å². The lowest BCUT2D eigenvalue weighted by atomic mass is 10.1. The molecule has 0 amide bonds. The summed E-state index contributed by atoms with van der Waals surface area (Å²) in [6, 6.07) is 12.6. The number of hydrogen-bond donors (Lipinski definition) is 0. The van der Waals surface area contributed by atoms with Crippen LogP contribution in [-0.2, 0) is 12.3 Å². The predicted molar refractivity (Wildman–Crippen MR) is 76.0 cm³/mol. The molecule has 0 N–H and O–H groups in total. The van der Waals surface area contributed by atoms with Crippen molar-refractivity contribution in [2.45, 2.75) is 18.4 Å². The molecule has 2 nitrogen and oxygen atoms in total. The van der Waals surface area contributed by atoms with Gasteiger partial charge in [-0.2, -0.15) is 0 Å². The molecule has 104 valence electrons. The summed E-state index contributed by atoms with van der Waals surface area (Å²) in [5, 5.41) is 0. The SMILES string of the molecule is Fc1cc(CCl)ccc1OCC1Cc2ccccc2O1. The van der Waals surface area contributed by atoms with E-state index in [1.54, 1.807) is 12.1 Å². The van der Waals surface area contributed by atoms with E-state index < -0.39 is 5.82 Å². The van der Waals surface area contributed by atoms with Gasteiger partial charge in [0.15, 0.2) is 11.6 Å². The van der Waals surface area contributed by atoms with E-state index in [1.807, 2.05) is 24.3 Å². The molecular formula is C16H14ClFO2. The second-order valence-corrected chi connectivity index (χ2v) is 5.03. The molecule has 0 aromatic heterocycles. The van der Waals surface area contributed by atoms with E-state index in [2.05, 4.69) is 0 Å². The number of halogens is 2. The molecular weight excluding hydrogens is 279 g/mol. The summed E-state index contributed by atoms with van der Waals surface area (Å²) in [5.41, 5.74) is 1.90. The average Bonchev–Trinajstić information content (AvgIpc) is 2.88. The maximum atomic E-state index is 13.7. The molecule has 0 radical (unpaired) electrons. The van der Waals surface area contributed by atoms with Gasteiger partial charge in [-0.1, -0.05) is 24.3 Å². The van der Waals surface area contributed by atoms with Crippen molar-refractivity contribution in [2.75, 3.05) is 6.61 Å². The van der Waals surface area contributed by atoms with Gasteiger partial charge in [-0.25, -0.2) is 4.39 Å². The molecule has 1 heterocycles. The van der Waals surface area contributed by atoms with Gasteiger partial charge in [0.05, 0.1) is 0 Å². The Kier molecular flexibility index (Phi) is 3.79. The average molecular weight is 293 g/mol. The number of ether oxygens (including phenoxy) is 2. The van der Waals surface area contributed by atoms with Crippen molar-refractivity contribution < 1.29 is 13.9 Å². The summed E-state index contributed by atoms with van der Waals surface area (Å²) < 4.78 is 25.0. The van der Waals surface area contributed by atoms with Gasteiger partial charge in [0.1, 0.15) is 18.5 Å². The summed E-state index contributed by atoms with van der Waals surface area (Å²) in [7, 11) is 0. The van der Waals surface area contributed by atoms with Crippen LogP contribution in [-0.4, -0.2) is 12.7 Å². The van der Waals surface area contributed by atoms with Gasteiger partial charge in [0.2, 0.25) is 0 Å². The summed E-state index contributed by atoms with van der Waals surface area (Å²) in [6.45, 7) is 0.325. The fraction of sp³-hybridized carbons (Fsp3) is 0.250. The molecule has 1 aliphatic rings. The second-order valence-electron chi connectivity index (χ2n) is 4.76. The third-order valence-electron chi connectivity index (χ3n) is 3.29. The first kappa shape index (κ1) is 13.3. The second kappa shape index (κ2) is 5.71. The Morgan fingerprint density at radius 1 is 1.25 bits per heavy atom. The number of benzene rings is 2. The number of alkyl halides is 1. The molecule has 1 atom stereocenters. The van der Waals surface area contributed by atoms with Crippen LogP contribution in [0.25, 0.3) is 0 Å². The van der Waals surface area contributed by atoms with Crippen LogP contribution in [0.3, 0.4) is 0 Å². The topological polar surface area (TPSA) is 18.5 Å². The number of rotatable bonds is 4. The van der Waals surface area contributed by atoms with E-state index in [9.17, 15) is 4.39 Å². The van der Waals surface area contributed by atoms with Crippen molar-refractivity contribution in [1.29, 1.82) is 0 Å². The molecule has 20 heavy (non-hydrogen) atoms. The monoisotopic (exact) mass is 292 g/mol. The summed E-state index contributed by atoms with van der Waals surface area (Å²) in [5.74, 6) is 1.02. The maximum absolute atomic E-state index is 13.7. The zero-order chi connectivity index (χ0) is 13.9. The van der Waals surface area contributed by atoms with Gasteiger partial charge in [0, 0.05) is 12.3 Å². The zero-order valence-corrected chi connectivity index (χ0v) is 11.6. The Morgan fingerprint density at radius 2 is 2.10 bits per heavy atom. The maximum Gasteiger partial charge on any atom is 0.165 e. The van der Waals surface area contributed by atoms with Crippen LogP contribution >= 0.6 is 11.6 Å². The Balaban J connectivity index is 1.61. The Labute approximate surface area is 122 Å². The fourth-order valence-electron chi connectivity index (χ4n) is 2.27. The number of hydrogen-bond acceptors (Lipinski definition) is 2. The minimum Gasteiger partial charge on any atom is -0.487 e. The summed E-state index contributed by atoms with van der Waals surface area (Å²) in [4.78, 5) is 0. The first-order chi connectivity index (χ1) is 9.76. The quantitative estimate of drug-likeness (QED) is 0.795. The highest BCUT2D eigenvalue weighted by molar-refractivity contribution is 6.17. The highest BCUT2D eigenvalue weighted by Gasteiger charge is 2.23. The normalized spacial score (nSPS) is 16.6. The van der Waals surface area contributed by atoms with Crippen molar-refractivity contribution >= 4 is 11.6 Å². The summed E-state index contributed by atoms with van der Waals surface area (Å²) >= 11 is 5.66. The standard InChI is InChI=1S/C16H14ClFO2/c17-9-11-5-6-16(14(18)7-11)19-10-13-8-12-3-1-2-4-15(12)20-13/h1-7,13H,8-10H2. The number of fused-ring (bicyclic) bond motifs is 1. The lowest BCUT2D eigenvalue weighted by Gasteiger charge is -2.13. The van der Waals surface area contributed by atoms with E-state index in [1.165, 1.54) is 11.6 Å². The van der Waals surface area contributed by atoms with Crippen LogP contribution in [0.5, 0.6) is 11.5 Å². The van der Waals surface area contributed by atoms with Crippen molar-refractivity contribution in [2.24, 2.45) is 0 Å². The minimum atomic E-state index is -0.390. The first-order valence-electron chi connectivity index (χ1n) is 6.48. The van der Waals surface area contributed by atoms with Gasteiger partial charge >= 0.3 is 0 Å². The molecule has 2 aromatic carbocycles. The van der Waals surface area contributed by atoms with Gasteiger partial charge < -0.3 is 9.47 Å². The van der Waals surface area contributed by atoms with Crippen LogP contribution < -0.4 is 9.47 Å². The van der Waals surface area contributed by atoms with Crippen LogP contribution in [0, 0.1) is 5.82 Å². The third kappa shape index (κ3) is 2.73. The van der Waals surface area contributed by atoms with Crippen LogP contribution in [0.15, 0.2) is 42.5 Å². The smallest absolute Gasteiger partial charge is 0.165 e. The Morgan fingerprint density at radius 3 is 2.85 bits per heavy atom. The van der Waals surface area contributed by atoms with E-state index in [0.29, 0.717) is 6.61 Å². The summed E-state index contributed by atoms with van der Waals surface area (Å²) in [6.07, 6.45) is 0.719. The lowest BCUT2D eigenvalue weighted by Crippen LogP contribution is -2.22. The molecule has 0 saturated carbocycles. The van der Waals surface area contributed by atoms with Gasteiger partial charge in [-0.15, -0.1) is 11.6 Å². The van der Waals surface area contributed by atoms with Crippen molar-refractivity contribution in [3.05, 3.63) is 59.4 Å². The molecule has 2 aromatic rings. The fourth-order valence-corrected chi connectivity index (χ4v) is 2.44. The largest absolute Gasteiger partial charge is 0.487 e. The first-order valence-corrected chi connectivity index (χ1v) is 7.01. The lowest BCUT2D eigenvalue weighted by molar-refractivity contribution is 0.145. The molecule has 3 rings (SSSR count). The van der Waals surface area contributed by atoms with Crippen LogP contribution in [0.4, 0.5) is 4.39 Å².